The average Bonchev–Trinajstić information content (AvgIpc) is 2.77. The standard InChI is InChI=1S/C11H7BrN4OS/c12-8-9(17)13-5-14-10(8)18-11-15-6-3-1-2-4-7(6)16-11/h1-5H,(H,15,16)(H,13,14,17). The molecule has 7 heteroatoms. The maximum atomic E-state index is 11.4. The highest BCUT2D eigenvalue weighted by atomic mass is 79.9. The Kier molecular flexibility index (Phi) is 2.92. The van der Waals surface area contributed by atoms with Crippen molar-refractivity contribution < 1.29 is 0 Å². The highest BCUT2D eigenvalue weighted by Gasteiger charge is 2.10. The normalized spacial score (nSPS) is 10.9. The first kappa shape index (κ1) is 11.5. The predicted molar refractivity (Wildman–Crippen MR) is 72.8 cm³/mol. The SMILES string of the molecule is O=c1[nH]cnc(Sc2nc3ccccc3[nH]2)c1Br. The lowest BCUT2D eigenvalue weighted by Gasteiger charge is -1.98. The Morgan fingerprint density at radius 1 is 1.28 bits per heavy atom. The number of para-hydroxylation sites is 2. The van der Waals surface area contributed by atoms with Crippen LogP contribution in [0.2, 0.25) is 0 Å². The van der Waals surface area contributed by atoms with Gasteiger partial charge in [-0.25, -0.2) is 9.97 Å². The molecular formula is C11H7BrN4OS. The highest BCUT2D eigenvalue weighted by molar-refractivity contribution is 9.10. The van der Waals surface area contributed by atoms with E-state index in [1.54, 1.807) is 0 Å². The number of benzene rings is 1. The summed E-state index contributed by atoms with van der Waals surface area (Å²) in [5.74, 6) is 0. The molecule has 0 aliphatic carbocycles. The highest BCUT2D eigenvalue weighted by Crippen LogP contribution is 2.28. The van der Waals surface area contributed by atoms with Crippen molar-refractivity contribution in [2.75, 3.05) is 0 Å². The lowest BCUT2D eigenvalue weighted by molar-refractivity contribution is 0.978. The molecule has 2 N–H and O–H groups in total. The second kappa shape index (κ2) is 4.58. The third-order valence-corrected chi connectivity index (χ3v) is 4.21. The van der Waals surface area contributed by atoms with Crippen LogP contribution < -0.4 is 5.56 Å². The van der Waals surface area contributed by atoms with Gasteiger partial charge in [0.05, 0.1) is 17.4 Å². The molecule has 90 valence electrons. The van der Waals surface area contributed by atoms with Crippen molar-refractivity contribution in [3.05, 3.63) is 45.4 Å². The summed E-state index contributed by atoms with van der Waals surface area (Å²) in [6.07, 6.45) is 1.37. The first-order chi connectivity index (χ1) is 8.74. The molecule has 1 aromatic carbocycles. The minimum atomic E-state index is -0.205. The first-order valence-corrected chi connectivity index (χ1v) is 6.71. The monoisotopic (exact) mass is 322 g/mol. The van der Waals surface area contributed by atoms with E-state index < -0.39 is 0 Å². The van der Waals surface area contributed by atoms with Crippen LogP contribution in [0.3, 0.4) is 0 Å². The molecule has 0 atom stereocenters. The Morgan fingerprint density at radius 2 is 2.11 bits per heavy atom. The lowest BCUT2D eigenvalue weighted by atomic mass is 10.3. The third-order valence-electron chi connectivity index (χ3n) is 2.33. The molecule has 3 aromatic rings. The van der Waals surface area contributed by atoms with Crippen molar-refractivity contribution in [3.8, 4) is 0 Å². The van der Waals surface area contributed by atoms with Crippen molar-refractivity contribution in [1.82, 2.24) is 19.9 Å². The van der Waals surface area contributed by atoms with E-state index in [4.69, 9.17) is 0 Å². The van der Waals surface area contributed by atoms with Crippen LogP contribution in [0, 0.1) is 0 Å². The van der Waals surface area contributed by atoms with Crippen molar-refractivity contribution in [2.45, 2.75) is 10.2 Å². The first-order valence-electron chi connectivity index (χ1n) is 5.10. The Hall–Kier alpha value is -1.60. The van der Waals surface area contributed by atoms with Gasteiger partial charge in [0.25, 0.3) is 5.56 Å². The van der Waals surface area contributed by atoms with Crippen LogP contribution in [0.4, 0.5) is 0 Å². The summed E-state index contributed by atoms with van der Waals surface area (Å²) in [5, 5.41) is 1.29. The summed E-state index contributed by atoms with van der Waals surface area (Å²) in [6.45, 7) is 0. The molecule has 3 rings (SSSR count). The van der Waals surface area contributed by atoms with Crippen LogP contribution in [0.25, 0.3) is 11.0 Å². The second-order valence-electron chi connectivity index (χ2n) is 3.51. The molecule has 0 bridgehead atoms. The van der Waals surface area contributed by atoms with Gasteiger partial charge in [0, 0.05) is 0 Å². The molecule has 18 heavy (non-hydrogen) atoms. The fraction of sp³-hybridized carbons (Fsp3) is 0. The van der Waals surface area contributed by atoms with E-state index in [0.717, 1.165) is 11.0 Å². The van der Waals surface area contributed by atoms with E-state index in [-0.39, 0.29) is 5.56 Å². The van der Waals surface area contributed by atoms with Gasteiger partial charge >= 0.3 is 0 Å². The van der Waals surface area contributed by atoms with Crippen molar-refractivity contribution in [3.63, 3.8) is 0 Å². The molecule has 2 heterocycles. The number of imidazole rings is 1. The van der Waals surface area contributed by atoms with Crippen molar-refractivity contribution in [1.29, 1.82) is 0 Å². The number of halogens is 1. The number of fused-ring (bicyclic) bond motifs is 1. The van der Waals surface area contributed by atoms with E-state index >= 15 is 0 Å². The van der Waals surface area contributed by atoms with Gasteiger partial charge in [-0.15, -0.1) is 0 Å². The van der Waals surface area contributed by atoms with E-state index in [1.807, 2.05) is 24.3 Å². The van der Waals surface area contributed by atoms with Crippen LogP contribution in [0.15, 0.2) is 50.0 Å². The van der Waals surface area contributed by atoms with Crippen LogP contribution >= 0.6 is 27.7 Å². The molecular weight excluding hydrogens is 316 g/mol. The molecule has 0 saturated heterocycles. The van der Waals surface area contributed by atoms with Gasteiger partial charge < -0.3 is 9.97 Å². The molecule has 0 amide bonds. The molecule has 0 spiro atoms. The number of aromatic amines is 2. The summed E-state index contributed by atoms with van der Waals surface area (Å²) < 4.78 is 0.412. The van der Waals surface area contributed by atoms with E-state index in [9.17, 15) is 4.79 Å². The lowest BCUT2D eigenvalue weighted by Crippen LogP contribution is -2.07. The van der Waals surface area contributed by atoms with Crippen LogP contribution in [-0.2, 0) is 0 Å². The fourth-order valence-corrected chi connectivity index (χ4v) is 2.74. The molecule has 2 aromatic heterocycles. The zero-order valence-corrected chi connectivity index (χ0v) is 11.4. The predicted octanol–water partition coefficient (Wildman–Crippen LogP) is 2.56. The van der Waals surface area contributed by atoms with Gasteiger partial charge in [0.2, 0.25) is 0 Å². The van der Waals surface area contributed by atoms with Gasteiger partial charge in [-0.3, -0.25) is 4.79 Å². The Balaban J connectivity index is 2.01. The minimum Gasteiger partial charge on any atom is -0.333 e. The Labute approximate surface area is 114 Å². The van der Waals surface area contributed by atoms with Gasteiger partial charge in [-0.2, -0.15) is 0 Å². The summed E-state index contributed by atoms with van der Waals surface area (Å²) >= 11 is 4.52. The van der Waals surface area contributed by atoms with Gasteiger partial charge in [0.15, 0.2) is 5.16 Å². The number of H-pyrrole nitrogens is 2. The van der Waals surface area contributed by atoms with E-state index in [2.05, 4.69) is 35.9 Å². The van der Waals surface area contributed by atoms with Crippen molar-refractivity contribution >= 4 is 38.7 Å². The number of nitrogens with one attached hydrogen (secondary N) is 2. The molecule has 0 saturated carbocycles. The third kappa shape index (κ3) is 2.06. The smallest absolute Gasteiger partial charge is 0.266 e. The minimum absolute atomic E-state index is 0.205. The quantitative estimate of drug-likeness (QED) is 0.711. The summed E-state index contributed by atoms with van der Waals surface area (Å²) in [6, 6.07) is 7.75. The van der Waals surface area contributed by atoms with Gasteiger partial charge in [0.1, 0.15) is 9.50 Å². The summed E-state index contributed by atoms with van der Waals surface area (Å²) in [4.78, 5) is 25.6. The van der Waals surface area contributed by atoms with Crippen LogP contribution in [-0.4, -0.2) is 19.9 Å². The second-order valence-corrected chi connectivity index (χ2v) is 5.28. The van der Waals surface area contributed by atoms with Crippen LogP contribution in [0.5, 0.6) is 0 Å². The number of hydrogen-bond acceptors (Lipinski definition) is 4. The average molecular weight is 323 g/mol. The Bertz CT molecular complexity index is 734. The molecule has 0 aliphatic heterocycles. The zero-order chi connectivity index (χ0) is 12.5. The number of hydrogen-bond donors (Lipinski definition) is 2. The number of aromatic nitrogens is 4. The molecule has 0 fully saturated rings. The Morgan fingerprint density at radius 3 is 2.94 bits per heavy atom. The van der Waals surface area contributed by atoms with Crippen LogP contribution in [0.1, 0.15) is 0 Å². The summed E-state index contributed by atoms with van der Waals surface area (Å²) in [5.41, 5.74) is 1.64. The van der Waals surface area contributed by atoms with E-state index in [1.165, 1.54) is 18.1 Å². The maximum absolute atomic E-state index is 11.4. The van der Waals surface area contributed by atoms with Gasteiger partial charge in [-0.1, -0.05) is 12.1 Å². The topological polar surface area (TPSA) is 74.4 Å². The van der Waals surface area contributed by atoms with Crippen molar-refractivity contribution in [2.24, 2.45) is 0 Å². The van der Waals surface area contributed by atoms with Gasteiger partial charge in [-0.05, 0) is 39.8 Å². The molecule has 5 nitrogen and oxygen atoms in total. The largest absolute Gasteiger partial charge is 0.333 e. The fourth-order valence-electron chi connectivity index (χ4n) is 1.51. The summed E-state index contributed by atoms with van der Waals surface area (Å²) in [7, 11) is 0. The zero-order valence-electron chi connectivity index (χ0n) is 8.98. The molecule has 0 aliphatic rings. The number of nitrogens with zero attached hydrogens (tertiary/aromatic N) is 2. The number of rotatable bonds is 2. The molecule has 0 unspecified atom stereocenters. The maximum Gasteiger partial charge on any atom is 0.266 e. The van der Waals surface area contributed by atoms with E-state index in [0.29, 0.717) is 14.7 Å². The molecule has 0 radical (unpaired) electrons.